The van der Waals surface area contributed by atoms with Crippen molar-refractivity contribution in [3.63, 3.8) is 0 Å². The van der Waals surface area contributed by atoms with Crippen LogP contribution in [0, 0.1) is 0 Å². The summed E-state index contributed by atoms with van der Waals surface area (Å²) in [5, 5.41) is 3.63. The van der Waals surface area contributed by atoms with E-state index in [1.165, 1.54) is 0 Å². The molecule has 0 aromatic carbocycles. The second kappa shape index (κ2) is 4.69. The first-order valence-corrected chi connectivity index (χ1v) is 4.33. The highest BCUT2D eigenvalue weighted by molar-refractivity contribution is 6.36. The minimum atomic E-state index is 0.242. The number of rotatable bonds is 5. The largest absolute Gasteiger partial charge is 0.476 e. The van der Waals surface area contributed by atoms with E-state index in [-0.39, 0.29) is 5.76 Å². The van der Waals surface area contributed by atoms with Crippen LogP contribution in [0.4, 0.5) is 0 Å². The Kier molecular flexibility index (Phi) is 3.55. The lowest BCUT2D eigenvalue weighted by atomic mass is 9.97. The molecule has 0 saturated carbocycles. The van der Waals surface area contributed by atoms with Crippen LogP contribution in [0.2, 0.25) is 0 Å². The summed E-state index contributed by atoms with van der Waals surface area (Å²) in [5.74, 6) is 0.669. The molecule has 0 atom stereocenters. The molecular weight excluding hydrogens is 169 g/mol. The number of aldehydes is 1. The van der Waals surface area contributed by atoms with Gasteiger partial charge < -0.3 is 9.26 Å². The third kappa shape index (κ3) is 2.34. The summed E-state index contributed by atoms with van der Waals surface area (Å²) in [4.78, 5) is 10.4. The molecule has 0 radical (unpaired) electrons. The Morgan fingerprint density at radius 3 is 3.00 bits per heavy atom. The van der Waals surface area contributed by atoms with Crippen molar-refractivity contribution < 1.29 is 14.1 Å². The number of unbranched alkanes of at least 4 members (excludes halogenated alkanes) is 1. The molecule has 0 N–H and O–H groups in total. The monoisotopic (exact) mass is 181 g/mol. The third-order valence-corrected chi connectivity index (χ3v) is 1.76. The lowest BCUT2D eigenvalue weighted by molar-refractivity contribution is 0.109. The average Bonchev–Trinajstić information content (AvgIpc) is 2.48. The molecule has 1 aromatic rings. The van der Waals surface area contributed by atoms with Gasteiger partial charge in [-0.15, -0.1) is 0 Å². The Morgan fingerprint density at radius 2 is 2.46 bits per heavy atom. The molecule has 13 heavy (non-hydrogen) atoms. The Bertz CT molecular complexity index is 285. The number of carbonyl (C=O) groups is 1. The van der Waals surface area contributed by atoms with Crippen LogP contribution < -0.4 is 10.2 Å². The standard InChI is InChI=1S/C8H12BNO3/c1-2-3-4-12-8-7(9)6(5-11)13-10-8/h5H,2-4,9H2,1H3. The predicted octanol–water partition coefficient (Wildman–Crippen LogP) is -0.0756. The molecule has 1 rings (SSSR count). The van der Waals surface area contributed by atoms with Crippen LogP contribution in [0.5, 0.6) is 5.88 Å². The second-order valence-corrected chi connectivity index (χ2v) is 2.80. The fraction of sp³-hybridized carbons (Fsp3) is 0.500. The summed E-state index contributed by atoms with van der Waals surface area (Å²) in [6.07, 6.45) is 2.68. The van der Waals surface area contributed by atoms with Crippen molar-refractivity contribution >= 4 is 19.6 Å². The van der Waals surface area contributed by atoms with Gasteiger partial charge in [0.2, 0.25) is 5.88 Å². The smallest absolute Gasteiger partial charge is 0.248 e. The molecule has 70 valence electrons. The Hall–Kier alpha value is -1.26. The molecule has 0 aliphatic carbocycles. The highest BCUT2D eigenvalue weighted by atomic mass is 16.5. The van der Waals surface area contributed by atoms with E-state index in [1.807, 2.05) is 0 Å². The zero-order chi connectivity index (χ0) is 9.68. The van der Waals surface area contributed by atoms with Gasteiger partial charge in [-0.05, 0) is 11.6 Å². The van der Waals surface area contributed by atoms with Gasteiger partial charge in [-0.2, -0.15) is 0 Å². The van der Waals surface area contributed by atoms with Crippen molar-refractivity contribution in [1.29, 1.82) is 0 Å². The summed E-state index contributed by atoms with van der Waals surface area (Å²) in [6, 6.07) is 0. The van der Waals surface area contributed by atoms with Crippen molar-refractivity contribution in [2.75, 3.05) is 6.61 Å². The van der Waals surface area contributed by atoms with Crippen LogP contribution in [0.15, 0.2) is 4.52 Å². The van der Waals surface area contributed by atoms with Crippen LogP contribution in [0.1, 0.15) is 30.3 Å². The van der Waals surface area contributed by atoms with Crippen LogP contribution in [-0.2, 0) is 0 Å². The van der Waals surface area contributed by atoms with Crippen molar-refractivity contribution in [2.45, 2.75) is 19.8 Å². The van der Waals surface area contributed by atoms with Gasteiger partial charge in [0.15, 0.2) is 19.9 Å². The van der Waals surface area contributed by atoms with Crippen LogP contribution in [-0.4, -0.2) is 25.9 Å². The third-order valence-electron chi connectivity index (χ3n) is 1.76. The first-order chi connectivity index (χ1) is 6.29. The fourth-order valence-electron chi connectivity index (χ4n) is 0.891. The lowest BCUT2D eigenvalue weighted by Gasteiger charge is -2.00. The molecule has 0 aliphatic heterocycles. The summed E-state index contributed by atoms with van der Waals surface area (Å²) >= 11 is 0. The van der Waals surface area contributed by atoms with Gasteiger partial charge in [0, 0.05) is 5.46 Å². The topological polar surface area (TPSA) is 52.3 Å². The number of carbonyl (C=O) groups excluding carboxylic acids is 1. The number of aromatic nitrogens is 1. The van der Waals surface area contributed by atoms with Gasteiger partial charge in [0.05, 0.1) is 6.61 Å². The molecule has 0 bridgehead atoms. The predicted molar refractivity (Wildman–Crippen MR) is 50.5 cm³/mol. The Labute approximate surface area is 77.6 Å². The van der Waals surface area contributed by atoms with E-state index in [9.17, 15) is 4.79 Å². The minimum Gasteiger partial charge on any atom is -0.476 e. The first-order valence-electron chi connectivity index (χ1n) is 4.33. The lowest BCUT2D eigenvalue weighted by Crippen LogP contribution is -2.11. The maximum Gasteiger partial charge on any atom is 0.248 e. The maximum atomic E-state index is 10.4. The second-order valence-electron chi connectivity index (χ2n) is 2.80. The summed E-state index contributed by atoms with van der Waals surface area (Å²) in [5.41, 5.74) is 0.672. The summed E-state index contributed by atoms with van der Waals surface area (Å²) in [6.45, 7) is 2.69. The Balaban J connectivity index is 2.56. The van der Waals surface area contributed by atoms with E-state index in [1.54, 1.807) is 7.85 Å². The SMILES string of the molecule is Bc1c(OCCCC)noc1C=O. The zero-order valence-corrected chi connectivity index (χ0v) is 7.87. The molecule has 4 nitrogen and oxygen atoms in total. The van der Waals surface area contributed by atoms with E-state index in [4.69, 9.17) is 9.26 Å². The van der Waals surface area contributed by atoms with Crippen molar-refractivity contribution in [1.82, 2.24) is 5.16 Å². The quantitative estimate of drug-likeness (QED) is 0.362. The first kappa shape index (κ1) is 9.83. The van der Waals surface area contributed by atoms with E-state index >= 15 is 0 Å². The minimum absolute atomic E-state index is 0.242. The molecule has 0 aliphatic rings. The average molecular weight is 181 g/mol. The molecule has 0 fully saturated rings. The van der Waals surface area contributed by atoms with Gasteiger partial charge in [0.1, 0.15) is 0 Å². The van der Waals surface area contributed by atoms with Crippen molar-refractivity contribution in [2.24, 2.45) is 0 Å². The normalized spacial score (nSPS) is 9.92. The highest BCUT2D eigenvalue weighted by Crippen LogP contribution is 2.05. The number of hydrogen-bond donors (Lipinski definition) is 0. The Morgan fingerprint density at radius 1 is 1.69 bits per heavy atom. The molecular formula is C8H12BNO3. The molecule has 0 amide bonds. The van der Waals surface area contributed by atoms with E-state index in [0.29, 0.717) is 24.2 Å². The zero-order valence-electron chi connectivity index (χ0n) is 7.87. The molecule has 0 unspecified atom stereocenters. The number of nitrogens with zero attached hydrogens (tertiary/aromatic N) is 1. The van der Waals surface area contributed by atoms with E-state index < -0.39 is 0 Å². The van der Waals surface area contributed by atoms with Gasteiger partial charge in [0.25, 0.3) is 0 Å². The molecule has 5 heteroatoms. The summed E-state index contributed by atoms with van der Waals surface area (Å²) < 4.78 is 10.0. The van der Waals surface area contributed by atoms with Crippen LogP contribution >= 0.6 is 0 Å². The molecule has 1 aromatic heterocycles. The molecule has 0 spiro atoms. The van der Waals surface area contributed by atoms with Crippen molar-refractivity contribution in [3.8, 4) is 5.88 Å². The maximum absolute atomic E-state index is 10.4. The van der Waals surface area contributed by atoms with Gasteiger partial charge in [-0.3, -0.25) is 4.79 Å². The van der Waals surface area contributed by atoms with Gasteiger partial charge in [-0.1, -0.05) is 13.3 Å². The van der Waals surface area contributed by atoms with Crippen LogP contribution in [0.3, 0.4) is 0 Å². The highest BCUT2D eigenvalue weighted by Gasteiger charge is 2.10. The number of ether oxygens (including phenoxy) is 1. The van der Waals surface area contributed by atoms with Gasteiger partial charge in [-0.25, -0.2) is 0 Å². The molecule has 1 heterocycles. The fourth-order valence-corrected chi connectivity index (χ4v) is 0.891. The van der Waals surface area contributed by atoms with Crippen molar-refractivity contribution in [3.05, 3.63) is 5.76 Å². The summed E-state index contributed by atoms with van der Waals surface area (Å²) in [7, 11) is 1.75. The number of hydrogen-bond acceptors (Lipinski definition) is 4. The van der Waals surface area contributed by atoms with Gasteiger partial charge >= 0.3 is 0 Å². The molecule has 0 saturated heterocycles. The van der Waals surface area contributed by atoms with E-state index in [0.717, 1.165) is 12.8 Å². The van der Waals surface area contributed by atoms with E-state index in [2.05, 4.69) is 12.1 Å². The van der Waals surface area contributed by atoms with Crippen LogP contribution in [0.25, 0.3) is 0 Å².